The Kier molecular flexibility index (Phi) is 7.77. The fraction of sp³-hybridized carbons (Fsp3) is 0. The van der Waals surface area contributed by atoms with Gasteiger partial charge in [0.1, 0.15) is 5.73 Å². The molecule has 0 rings (SSSR count). The SMILES string of the molecule is C=C=C=C=C=C=C=C=C=C=C=[C+]C#N. The van der Waals surface area contributed by atoms with Crippen LogP contribution < -0.4 is 0 Å². The molecule has 0 spiro atoms. The van der Waals surface area contributed by atoms with Gasteiger partial charge in [-0.2, -0.15) is 5.26 Å². The highest BCUT2D eigenvalue weighted by atomic mass is 14.2. The van der Waals surface area contributed by atoms with Crippen molar-refractivity contribution in [2.45, 2.75) is 0 Å². The van der Waals surface area contributed by atoms with Crippen molar-refractivity contribution in [3.8, 4) is 6.07 Å². The second-order valence-electron chi connectivity index (χ2n) is 1.54. The molecular weight excluding hydrogens is 170 g/mol. The molecule has 0 bridgehead atoms. The van der Waals surface area contributed by atoms with Crippen LogP contribution in [0.1, 0.15) is 0 Å². The van der Waals surface area contributed by atoms with Crippen LogP contribution in [0.4, 0.5) is 0 Å². The lowest BCUT2D eigenvalue weighted by Gasteiger charge is -1.36. The van der Waals surface area contributed by atoms with Crippen LogP contribution >= 0.6 is 0 Å². The zero-order chi connectivity index (χ0) is 10.5. The van der Waals surface area contributed by atoms with E-state index in [9.17, 15) is 0 Å². The van der Waals surface area contributed by atoms with E-state index in [1.165, 1.54) is 0 Å². The fourth-order valence-corrected chi connectivity index (χ4v) is 0.322. The summed E-state index contributed by atoms with van der Waals surface area (Å²) in [7, 11) is 0. The molecule has 0 unspecified atom stereocenters. The van der Waals surface area contributed by atoms with Gasteiger partial charge in [-0.05, 0) is 23.8 Å². The number of hydrogen-bond donors (Lipinski definition) is 0. The van der Waals surface area contributed by atoms with E-state index in [1.54, 1.807) is 6.07 Å². The van der Waals surface area contributed by atoms with Gasteiger partial charge < -0.3 is 0 Å². The van der Waals surface area contributed by atoms with Crippen molar-refractivity contribution >= 4 is 0 Å². The van der Waals surface area contributed by atoms with Gasteiger partial charge in [-0.1, -0.05) is 5.73 Å². The maximum Gasteiger partial charge on any atom is 0.276 e. The highest BCUT2D eigenvalue weighted by Gasteiger charge is 1.66. The van der Waals surface area contributed by atoms with E-state index in [4.69, 9.17) is 5.26 Å². The summed E-state index contributed by atoms with van der Waals surface area (Å²) in [5.74, 6) is 0. The lowest BCUT2D eigenvalue weighted by molar-refractivity contribution is 1.52. The van der Waals surface area contributed by atoms with E-state index >= 15 is 0 Å². The Morgan fingerprint density at radius 2 is 1.29 bits per heavy atom. The maximum absolute atomic E-state index is 8.01. The zero-order valence-corrected chi connectivity index (χ0v) is 7.15. The smallest absolute Gasteiger partial charge is 0.157 e. The minimum Gasteiger partial charge on any atom is -0.157 e. The Balaban J connectivity index is 5.37. The molecule has 0 amide bonds. The van der Waals surface area contributed by atoms with Crippen molar-refractivity contribution in [1.82, 2.24) is 0 Å². The van der Waals surface area contributed by atoms with Crippen molar-refractivity contribution in [3.63, 3.8) is 0 Å². The standard InChI is InChI=1S/C13H2N/c1-2-3-4-5-6-7-8-9-10-11-12-13-14/h1H2/q+1. The molecular formula is C13H2N+. The molecule has 0 aromatic rings. The molecule has 0 radical (unpaired) electrons. The van der Waals surface area contributed by atoms with Gasteiger partial charge in [0.25, 0.3) is 12.1 Å². The first-order valence-corrected chi connectivity index (χ1v) is 3.33. The molecule has 0 N–H and O–H groups in total. The topological polar surface area (TPSA) is 23.8 Å². The van der Waals surface area contributed by atoms with Crippen molar-refractivity contribution in [2.75, 3.05) is 0 Å². The Morgan fingerprint density at radius 1 is 0.786 bits per heavy atom. The summed E-state index contributed by atoms with van der Waals surface area (Å²) in [5.41, 5.74) is 24.0. The molecule has 0 aliphatic rings. The second-order valence-corrected chi connectivity index (χ2v) is 1.54. The van der Waals surface area contributed by atoms with Gasteiger partial charge in [0.05, 0.1) is 0 Å². The number of allylic oxidation sites excluding steroid dienone is 1. The summed E-state index contributed by atoms with van der Waals surface area (Å²) >= 11 is 0. The molecule has 0 aromatic heterocycles. The minimum absolute atomic E-state index is 1.62. The Labute approximate surface area is 81.9 Å². The van der Waals surface area contributed by atoms with Crippen LogP contribution in [0.15, 0.2) is 63.9 Å². The number of rotatable bonds is 0. The van der Waals surface area contributed by atoms with Gasteiger partial charge in [-0.3, -0.25) is 0 Å². The normalized spacial score (nSPS) is 3.64. The van der Waals surface area contributed by atoms with Crippen molar-refractivity contribution in [2.24, 2.45) is 0 Å². The van der Waals surface area contributed by atoms with Gasteiger partial charge in [-0.25, -0.2) is 0 Å². The van der Waals surface area contributed by atoms with E-state index in [1.807, 2.05) is 0 Å². The van der Waals surface area contributed by atoms with E-state index in [-0.39, 0.29) is 0 Å². The summed E-state index contributed by atoms with van der Waals surface area (Å²) in [5, 5.41) is 8.01. The average molecular weight is 172 g/mol. The molecule has 0 aromatic carbocycles. The van der Waals surface area contributed by atoms with E-state index in [2.05, 4.69) is 70.0 Å². The van der Waals surface area contributed by atoms with E-state index in [0.717, 1.165) is 0 Å². The van der Waals surface area contributed by atoms with Crippen LogP contribution in [0, 0.1) is 17.4 Å². The number of nitriles is 1. The zero-order valence-electron chi connectivity index (χ0n) is 7.15. The highest BCUT2D eigenvalue weighted by molar-refractivity contribution is 4.94. The molecule has 0 saturated carbocycles. The predicted octanol–water partition coefficient (Wildman–Crippen LogP) is 2.05. The third-order valence-corrected chi connectivity index (χ3v) is 0.707. The van der Waals surface area contributed by atoms with E-state index < -0.39 is 0 Å². The molecule has 1 nitrogen and oxygen atoms in total. The van der Waals surface area contributed by atoms with Crippen LogP contribution in [-0.4, -0.2) is 0 Å². The van der Waals surface area contributed by atoms with Gasteiger partial charge in [0, 0.05) is 17.2 Å². The van der Waals surface area contributed by atoms with Crippen molar-refractivity contribution in [3.05, 3.63) is 70.0 Å². The molecule has 0 aliphatic heterocycles. The Morgan fingerprint density at radius 3 is 1.79 bits per heavy atom. The monoisotopic (exact) mass is 172 g/mol. The first-order chi connectivity index (χ1) is 6.91. The molecule has 0 atom stereocenters. The third-order valence-electron chi connectivity index (χ3n) is 0.707. The van der Waals surface area contributed by atoms with Gasteiger partial charge in [0.15, 0.2) is 0 Å². The minimum atomic E-state index is 1.62. The summed E-state index contributed by atoms with van der Waals surface area (Å²) in [6.45, 7) is 3.27. The second kappa shape index (κ2) is 9.94. The molecule has 1 heteroatoms. The summed E-state index contributed by atoms with van der Waals surface area (Å²) in [6, 6.07) is 1.62. The molecule has 0 heterocycles. The van der Waals surface area contributed by atoms with Crippen LogP contribution in [0.5, 0.6) is 0 Å². The largest absolute Gasteiger partial charge is 0.276 e. The quantitative estimate of drug-likeness (QED) is 0.311. The molecule has 58 valence electrons. The van der Waals surface area contributed by atoms with Crippen LogP contribution in [0.2, 0.25) is 0 Å². The van der Waals surface area contributed by atoms with E-state index in [0.29, 0.717) is 0 Å². The highest BCUT2D eigenvalue weighted by Crippen LogP contribution is 1.56. The Hall–Kier alpha value is -3.06. The van der Waals surface area contributed by atoms with Crippen molar-refractivity contribution in [1.29, 1.82) is 5.26 Å². The lowest BCUT2D eigenvalue weighted by Crippen LogP contribution is -1.34. The van der Waals surface area contributed by atoms with Crippen molar-refractivity contribution < 1.29 is 0 Å². The van der Waals surface area contributed by atoms with Crippen LogP contribution in [-0.2, 0) is 0 Å². The lowest BCUT2D eigenvalue weighted by atomic mass is 10.6. The summed E-state index contributed by atoms with van der Waals surface area (Å²) < 4.78 is 0. The molecule has 0 aliphatic carbocycles. The molecule has 14 heavy (non-hydrogen) atoms. The maximum atomic E-state index is 8.01. The first-order valence-electron chi connectivity index (χ1n) is 3.33. The van der Waals surface area contributed by atoms with Crippen LogP contribution in [0.25, 0.3) is 0 Å². The molecule has 0 fully saturated rings. The predicted molar refractivity (Wildman–Crippen MR) is 49.6 cm³/mol. The summed E-state index contributed by atoms with van der Waals surface area (Å²) in [6.07, 6.45) is 2.11. The first kappa shape index (κ1) is 10.9. The Bertz CT molecular complexity index is 608. The molecule has 0 saturated heterocycles. The number of hydrogen-bond acceptors (Lipinski definition) is 1. The van der Waals surface area contributed by atoms with Crippen LogP contribution in [0.3, 0.4) is 0 Å². The third kappa shape index (κ3) is 8.94. The van der Waals surface area contributed by atoms with Gasteiger partial charge >= 0.3 is 0 Å². The average Bonchev–Trinajstić information content (AvgIpc) is 2.21. The van der Waals surface area contributed by atoms with Gasteiger partial charge in [0.2, 0.25) is 11.5 Å². The fourth-order valence-electron chi connectivity index (χ4n) is 0.322. The van der Waals surface area contributed by atoms with Gasteiger partial charge in [-0.15, -0.1) is 0 Å². The number of nitrogens with zero attached hydrogens (tertiary/aromatic N) is 1. The summed E-state index contributed by atoms with van der Waals surface area (Å²) in [4.78, 5) is 0.